The molecule has 0 bridgehead atoms. The topological polar surface area (TPSA) is 20.2 Å². The van der Waals surface area contributed by atoms with Gasteiger partial charge in [0.2, 0.25) is 0 Å². The molecule has 1 aromatic carbocycles. The molecular weight excluding hydrogens is 351 g/mol. The van der Waals surface area contributed by atoms with Gasteiger partial charge in [-0.2, -0.15) is 0 Å². The summed E-state index contributed by atoms with van der Waals surface area (Å²) < 4.78 is 5.85. The first kappa shape index (κ1) is 17.9. The van der Waals surface area contributed by atoms with Crippen LogP contribution < -0.4 is 3.58 Å². The SMILES string of the molecule is CCC[CH2][Sn]([CH2]CCC)([CH2]CCC)[c]1c[c]cc(O)c1. The fourth-order valence-electron chi connectivity index (χ4n) is 3.12. The van der Waals surface area contributed by atoms with Gasteiger partial charge in [-0.3, -0.25) is 0 Å². The molecule has 0 aliphatic rings. The minimum absolute atomic E-state index is 0.410. The van der Waals surface area contributed by atoms with Crippen molar-refractivity contribution in [3.05, 3.63) is 24.3 Å². The van der Waals surface area contributed by atoms with Crippen LogP contribution in [0.4, 0.5) is 0 Å². The second kappa shape index (κ2) is 9.70. The average molecular weight is 382 g/mol. The van der Waals surface area contributed by atoms with Crippen LogP contribution in [0.2, 0.25) is 13.3 Å². The number of unbranched alkanes of at least 4 members (excludes halogenated alkanes) is 3. The van der Waals surface area contributed by atoms with Crippen LogP contribution in [0.15, 0.2) is 18.2 Å². The van der Waals surface area contributed by atoms with E-state index in [0.29, 0.717) is 5.75 Å². The van der Waals surface area contributed by atoms with Crippen molar-refractivity contribution in [2.24, 2.45) is 0 Å². The van der Waals surface area contributed by atoms with Gasteiger partial charge in [0.1, 0.15) is 0 Å². The summed E-state index contributed by atoms with van der Waals surface area (Å²) in [5.41, 5.74) is 0. The van der Waals surface area contributed by atoms with Gasteiger partial charge in [0, 0.05) is 0 Å². The van der Waals surface area contributed by atoms with Gasteiger partial charge >= 0.3 is 130 Å². The van der Waals surface area contributed by atoms with E-state index in [1.54, 1.807) is 6.07 Å². The number of phenols is 1. The van der Waals surface area contributed by atoms with Gasteiger partial charge in [-0.25, -0.2) is 0 Å². The van der Waals surface area contributed by atoms with Gasteiger partial charge in [0.05, 0.1) is 0 Å². The molecule has 113 valence electrons. The number of hydrogen-bond donors (Lipinski definition) is 1. The van der Waals surface area contributed by atoms with Gasteiger partial charge in [-0.1, -0.05) is 0 Å². The predicted molar refractivity (Wildman–Crippen MR) is 91.5 cm³/mol. The molecule has 1 N–H and O–H groups in total. The standard InChI is InChI=1S/C6H4O.3C4H9.Sn/c7-6-4-2-1-3-5-6;3*1-3-4-2;/h1,4-5,7H;3*1,3-4H2,2H3;. The number of aromatic hydroxyl groups is 1. The summed E-state index contributed by atoms with van der Waals surface area (Å²) in [6.07, 6.45) is 7.95. The van der Waals surface area contributed by atoms with E-state index in [4.69, 9.17) is 0 Å². The zero-order valence-electron chi connectivity index (χ0n) is 13.5. The van der Waals surface area contributed by atoms with E-state index >= 15 is 0 Å². The van der Waals surface area contributed by atoms with E-state index in [1.807, 2.05) is 0 Å². The van der Waals surface area contributed by atoms with Gasteiger partial charge in [-0.05, 0) is 0 Å². The third-order valence-corrected chi connectivity index (χ3v) is 20.0. The quantitative estimate of drug-likeness (QED) is 0.549. The Hall–Kier alpha value is -0.181. The fourth-order valence-corrected chi connectivity index (χ4v) is 19.0. The first-order chi connectivity index (χ1) is 9.68. The predicted octanol–water partition coefficient (Wildman–Crippen LogP) is 5.25. The molecule has 0 aromatic heterocycles. The van der Waals surface area contributed by atoms with Crippen LogP contribution in [0.5, 0.6) is 5.75 Å². The van der Waals surface area contributed by atoms with Crippen molar-refractivity contribution < 1.29 is 5.11 Å². The molecule has 0 atom stereocenters. The van der Waals surface area contributed by atoms with Crippen LogP contribution in [-0.4, -0.2) is 23.5 Å². The van der Waals surface area contributed by atoms with E-state index < -0.39 is 18.4 Å². The summed E-state index contributed by atoms with van der Waals surface area (Å²) in [5.74, 6) is 0.410. The second-order valence-corrected chi connectivity index (χ2v) is 19.3. The summed E-state index contributed by atoms with van der Waals surface area (Å²) >= 11 is -2.33. The molecule has 0 aliphatic heterocycles. The molecule has 1 rings (SSSR count). The van der Waals surface area contributed by atoms with Crippen LogP contribution >= 0.6 is 0 Å². The molecule has 1 radical (unpaired) electrons. The molecule has 0 spiro atoms. The molecule has 2 heteroatoms. The molecule has 0 saturated carbocycles. The number of benzene rings is 1. The maximum absolute atomic E-state index is 9.86. The Kier molecular flexibility index (Phi) is 8.67. The Morgan fingerprint density at radius 2 is 1.40 bits per heavy atom. The van der Waals surface area contributed by atoms with Crippen molar-refractivity contribution in [3.8, 4) is 5.75 Å². The normalized spacial score (nSPS) is 11.8. The van der Waals surface area contributed by atoms with Crippen LogP contribution in [0.1, 0.15) is 59.3 Å². The van der Waals surface area contributed by atoms with Gasteiger partial charge in [0.15, 0.2) is 0 Å². The van der Waals surface area contributed by atoms with Gasteiger partial charge < -0.3 is 0 Å². The Morgan fingerprint density at radius 3 is 1.80 bits per heavy atom. The molecule has 1 nitrogen and oxygen atoms in total. The summed E-state index contributed by atoms with van der Waals surface area (Å²) in [6, 6.07) is 9.11. The van der Waals surface area contributed by atoms with Crippen molar-refractivity contribution in [2.75, 3.05) is 0 Å². The van der Waals surface area contributed by atoms with Crippen LogP contribution in [0.3, 0.4) is 0 Å². The van der Waals surface area contributed by atoms with E-state index in [1.165, 1.54) is 55.4 Å². The summed E-state index contributed by atoms with van der Waals surface area (Å²) in [6.45, 7) is 6.89. The van der Waals surface area contributed by atoms with Crippen LogP contribution in [-0.2, 0) is 0 Å². The van der Waals surface area contributed by atoms with Crippen molar-refractivity contribution >= 4 is 22.0 Å². The molecule has 0 fully saturated rings. The van der Waals surface area contributed by atoms with Crippen molar-refractivity contribution in [2.45, 2.75) is 72.6 Å². The molecule has 0 aliphatic carbocycles. The Bertz CT molecular complexity index is 354. The number of rotatable bonds is 10. The second-order valence-electron chi connectivity index (χ2n) is 6.07. The van der Waals surface area contributed by atoms with E-state index in [9.17, 15) is 5.11 Å². The molecule has 0 amide bonds. The first-order valence-electron chi connectivity index (χ1n) is 8.39. The zero-order chi connectivity index (χ0) is 14.8. The van der Waals surface area contributed by atoms with E-state index in [0.717, 1.165) is 0 Å². The molecule has 0 saturated heterocycles. The van der Waals surface area contributed by atoms with Crippen molar-refractivity contribution in [3.63, 3.8) is 0 Å². The first-order valence-corrected chi connectivity index (χ1v) is 15.9. The summed E-state index contributed by atoms with van der Waals surface area (Å²) in [5, 5.41) is 9.86. The molecule has 20 heavy (non-hydrogen) atoms. The van der Waals surface area contributed by atoms with E-state index in [2.05, 4.69) is 39.0 Å². The van der Waals surface area contributed by atoms with Crippen LogP contribution in [0.25, 0.3) is 0 Å². The molecule has 1 aromatic rings. The van der Waals surface area contributed by atoms with E-state index in [-0.39, 0.29) is 0 Å². The monoisotopic (exact) mass is 383 g/mol. The number of phenolic OH excluding ortho intramolecular Hbond substituents is 1. The van der Waals surface area contributed by atoms with Gasteiger partial charge in [0.25, 0.3) is 0 Å². The average Bonchev–Trinajstić information content (AvgIpc) is 2.47. The van der Waals surface area contributed by atoms with Crippen molar-refractivity contribution in [1.82, 2.24) is 0 Å². The van der Waals surface area contributed by atoms with Crippen molar-refractivity contribution in [1.29, 1.82) is 0 Å². The Morgan fingerprint density at radius 1 is 0.900 bits per heavy atom. The third-order valence-electron chi connectivity index (χ3n) is 4.41. The molecule has 0 unspecified atom stereocenters. The third kappa shape index (κ3) is 5.31. The Balaban J connectivity index is 3.04. The zero-order valence-corrected chi connectivity index (χ0v) is 16.4. The minimum atomic E-state index is -2.33. The number of hydrogen-bond acceptors (Lipinski definition) is 1. The van der Waals surface area contributed by atoms with Gasteiger partial charge in [-0.15, -0.1) is 0 Å². The maximum atomic E-state index is 9.86. The molecular formula is C18H31OSn. The molecule has 0 heterocycles. The Labute approximate surface area is 129 Å². The fraction of sp³-hybridized carbons (Fsp3) is 0.667. The summed E-state index contributed by atoms with van der Waals surface area (Å²) in [7, 11) is 0. The summed E-state index contributed by atoms with van der Waals surface area (Å²) in [4.78, 5) is 0. The van der Waals surface area contributed by atoms with Crippen LogP contribution in [0, 0.1) is 6.07 Å².